The number of methoxy groups -OCH3 is 2. The minimum atomic E-state index is -0.760. The van der Waals surface area contributed by atoms with E-state index in [0.29, 0.717) is 13.0 Å². The number of amides is 2. The summed E-state index contributed by atoms with van der Waals surface area (Å²) in [6, 6.07) is 8.35. The second-order valence-corrected chi connectivity index (χ2v) is 15.6. The highest BCUT2D eigenvalue weighted by atomic mass is 16.5. The number of ether oxygens (including phenoxy) is 2. The maximum atomic E-state index is 14.2. The van der Waals surface area contributed by atoms with E-state index in [1.165, 1.54) is 0 Å². The van der Waals surface area contributed by atoms with Gasteiger partial charge in [0.2, 0.25) is 11.8 Å². The Bertz CT molecular complexity index is 1240. The molecule has 1 aliphatic heterocycles. The summed E-state index contributed by atoms with van der Waals surface area (Å²) >= 11 is 0. The van der Waals surface area contributed by atoms with Crippen molar-refractivity contribution in [2.75, 3.05) is 34.9 Å². The van der Waals surface area contributed by atoms with Crippen LogP contribution in [0.3, 0.4) is 0 Å². The predicted molar refractivity (Wildman–Crippen MR) is 202 cm³/mol. The molecule has 1 aliphatic rings. The average molecular weight is 716 g/mol. The Balaban J connectivity index is 2.24. The molecule has 0 aliphatic carbocycles. The molecule has 10 heteroatoms. The van der Waals surface area contributed by atoms with Gasteiger partial charge in [-0.1, -0.05) is 92.1 Å². The Morgan fingerprint density at radius 3 is 2.04 bits per heavy atom. The lowest BCUT2D eigenvalue weighted by Gasteiger charge is -2.41. The van der Waals surface area contributed by atoms with Gasteiger partial charge < -0.3 is 29.7 Å². The summed E-state index contributed by atoms with van der Waals surface area (Å²) in [6.45, 7) is 16.3. The number of nitrogens with one attached hydrogen (secondary N) is 1. The Morgan fingerprint density at radius 1 is 0.902 bits per heavy atom. The molecule has 0 bridgehead atoms. The third-order valence-corrected chi connectivity index (χ3v) is 11.4. The number of likely N-dealkylation sites (N-methyl/N-ethyl adjacent to an activating group) is 2. The SMILES string of the molecule is CC[C@H](C)[C@@H]([C@@H](CC(=O)N1CCC[C@H]1[C@H](OC)[C@@H](C)C(=O)C[C@H](C)[C@H](O)c1ccccc1)OC)N(C)C(=O)[C@@H](CC(=O)[C@@H](NC)C(C)C)C(C)C. The molecule has 0 unspecified atom stereocenters. The molecule has 1 fully saturated rings. The Kier molecular flexibility index (Phi) is 18.4. The zero-order valence-corrected chi connectivity index (χ0v) is 33.6. The van der Waals surface area contributed by atoms with Crippen LogP contribution < -0.4 is 5.32 Å². The summed E-state index contributed by atoms with van der Waals surface area (Å²) in [6.07, 6.45) is 0.834. The maximum absolute atomic E-state index is 14.2. The third-order valence-electron chi connectivity index (χ3n) is 11.4. The molecule has 2 N–H and O–H groups in total. The quantitative estimate of drug-likeness (QED) is 0.157. The number of hydrogen-bond acceptors (Lipinski definition) is 8. The third kappa shape index (κ3) is 11.7. The fourth-order valence-electron chi connectivity index (χ4n) is 8.01. The van der Waals surface area contributed by atoms with Gasteiger partial charge in [0.25, 0.3) is 0 Å². The van der Waals surface area contributed by atoms with Gasteiger partial charge in [0.05, 0.1) is 42.9 Å². The van der Waals surface area contributed by atoms with Crippen molar-refractivity contribution in [1.82, 2.24) is 15.1 Å². The summed E-state index contributed by atoms with van der Waals surface area (Å²) < 4.78 is 12.0. The van der Waals surface area contributed by atoms with E-state index < -0.39 is 36.2 Å². The van der Waals surface area contributed by atoms with Crippen molar-refractivity contribution >= 4 is 23.4 Å². The smallest absolute Gasteiger partial charge is 0.226 e. The molecule has 1 aromatic rings. The van der Waals surface area contributed by atoms with Gasteiger partial charge in [-0.2, -0.15) is 0 Å². The molecule has 2 amide bonds. The van der Waals surface area contributed by atoms with Crippen LogP contribution in [-0.4, -0.2) is 103 Å². The second kappa shape index (κ2) is 21.1. The van der Waals surface area contributed by atoms with Crippen molar-refractivity contribution in [3.8, 4) is 0 Å². The first-order valence-corrected chi connectivity index (χ1v) is 19.1. The van der Waals surface area contributed by atoms with Crippen LogP contribution >= 0.6 is 0 Å². The molecule has 0 spiro atoms. The minimum absolute atomic E-state index is 0.0111. The van der Waals surface area contributed by atoms with Crippen LogP contribution in [0, 0.1) is 35.5 Å². The van der Waals surface area contributed by atoms with E-state index in [1.54, 1.807) is 33.2 Å². The van der Waals surface area contributed by atoms with Crippen LogP contribution in [-0.2, 0) is 28.7 Å². The van der Waals surface area contributed by atoms with Gasteiger partial charge in [-0.15, -0.1) is 0 Å². The van der Waals surface area contributed by atoms with Crippen molar-refractivity contribution < 1.29 is 33.8 Å². The molecular formula is C41H69N3O7. The number of benzene rings is 1. The summed E-state index contributed by atoms with van der Waals surface area (Å²) in [5, 5.41) is 14.0. The van der Waals surface area contributed by atoms with Crippen LogP contribution in [0.4, 0.5) is 0 Å². The number of carbonyl (C=O) groups excluding carboxylic acids is 4. The fraction of sp³-hybridized carbons (Fsp3) is 0.756. The van der Waals surface area contributed by atoms with E-state index in [1.807, 2.05) is 76.8 Å². The average Bonchev–Trinajstić information content (AvgIpc) is 3.59. The molecule has 0 saturated carbocycles. The Labute approximate surface area is 308 Å². The van der Waals surface area contributed by atoms with Crippen molar-refractivity contribution in [1.29, 1.82) is 0 Å². The fourth-order valence-corrected chi connectivity index (χ4v) is 8.01. The van der Waals surface area contributed by atoms with Gasteiger partial charge >= 0.3 is 0 Å². The van der Waals surface area contributed by atoms with Crippen molar-refractivity contribution in [2.24, 2.45) is 35.5 Å². The van der Waals surface area contributed by atoms with Crippen molar-refractivity contribution in [3.63, 3.8) is 0 Å². The van der Waals surface area contributed by atoms with Gasteiger partial charge in [0.1, 0.15) is 5.78 Å². The summed E-state index contributed by atoms with van der Waals surface area (Å²) in [5.74, 6) is -1.41. The van der Waals surface area contributed by atoms with E-state index in [0.717, 1.165) is 18.4 Å². The number of ketones is 2. The molecule has 0 radical (unpaired) electrons. The Morgan fingerprint density at radius 2 is 1.53 bits per heavy atom. The number of nitrogens with zero attached hydrogens (tertiary/aromatic N) is 2. The minimum Gasteiger partial charge on any atom is -0.388 e. The van der Waals surface area contributed by atoms with Gasteiger partial charge in [-0.3, -0.25) is 19.2 Å². The van der Waals surface area contributed by atoms with E-state index in [9.17, 15) is 24.3 Å². The number of Topliss-reactive ketones (excluding diaryl/α,β-unsaturated/α-hetero) is 2. The van der Waals surface area contributed by atoms with Gasteiger partial charge in [0.15, 0.2) is 5.78 Å². The largest absolute Gasteiger partial charge is 0.388 e. The van der Waals surface area contributed by atoms with Crippen molar-refractivity contribution in [2.45, 2.75) is 130 Å². The lowest BCUT2D eigenvalue weighted by atomic mass is 9.84. The van der Waals surface area contributed by atoms with E-state index in [2.05, 4.69) is 19.2 Å². The van der Waals surface area contributed by atoms with E-state index in [4.69, 9.17) is 9.47 Å². The number of likely N-dealkylation sites (tertiary alicyclic amines) is 1. The zero-order valence-electron chi connectivity index (χ0n) is 33.6. The summed E-state index contributed by atoms with van der Waals surface area (Å²) in [5.41, 5.74) is 0.777. The van der Waals surface area contributed by atoms with Crippen LogP contribution in [0.1, 0.15) is 106 Å². The molecule has 51 heavy (non-hydrogen) atoms. The van der Waals surface area contributed by atoms with Crippen LogP contribution in [0.5, 0.6) is 0 Å². The Hall–Kier alpha value is -2.66. The monoisotopic (exact) mass is 716 g/mol. The summed E-state index contributed by atoms with van der Waals surface area (Å²) in [4.78, 5) is 58.7. The molecule has 290 valence electrons. The van der Waals surface area contributed by atoms with Gasteiger partial charge in [-0.05, 0) is 49.1 Å². The maximum Gasteiger partial charge on any atom is 0.226 e. The highest BCUT2D eigenvalue weighted by Gasteiger charge is 2.43. The molecule has 2 rings (SSSR count). The molecular weight excluding hydrogens is 646 g/mol. The first-order valence-electron chi connectivity index (χ1n) is 19.1. The van der Waals surface area contributed by atoms with E-state index >= 15 is 0 Å². The lowest BCUT2D eigenvalue weighted by Crippen LogP contribution is -2.54. The number of aliphatic hydroxyl groups excluding tert-OH is 1. The number of carbonyl (C=O) groups is 4. The molecule has 10 nitrogen and oxygen atoms in total. The number of aliphatic hydroxyl groups is 1. The highest BCUT2D eigenvalue weighted by molar-refractivity contribution is 5.90. The molecule has 1 saturated heterocycles. The zero-order chi connectivity index (χ0) is 38.6. The molecule has 1 heterocycles. The predicted octanol–water partition coefficient (Wildman–Crippen LogP) is 5.71. The topological polar surface area (TPSA) is 125 Å². The number of rotatable bonds is 22. The van der Waals surface area contributed by atoms with Crippen molar-refractivity contribution in [3.05, 3.63) is 35.9 Å². The first-order chi connectivity index (χ1) is 24.0. The molecule has 1 aromatic carbocycles. The normalized spacial score (nSPS) is 20.3. The van der Waals surface area contributed by atoms with Gasteiger partial charge in [0, 0.05) is 52.5 Å². The lowest BCUT2D eigenvalue weighted by molar-refractivity contribution is -0.149. The standard InChI is InChI=1S/C41H69N3O7/c1-13-27(6)38(43(10)41(49)31(25(2)3)23-34(46)37(42-9)26(4)5)35(50-11)24-36(47)44-21-17-20-32(44)40(51-12)29(8)33(45)22-28(7)39(48)30-18-15-14-16-19-30/h14-16,18-19,25-29,31-32,35,37-40,42,48H,13,17,20-24H2,1-12H3/t27-,28-,29-,31-,32-,35+,37-,38-,39-,40+/m0/s1. The first kappa shape index (κ1) is 44.5. The van der Waals surface area contributed by atoms with Crippen LogP contribution in [0.25, 0.3) is 0 Å². The van der Waals surface area contributed by atoms with E-state index in [-0.39, 0.29) is 78.4 Å². The second-order valence-electron chi connectivity index (χ2n) is 15.6. The number of hydrogen-bond donors (Lipinski definition) is 2. The van der Waals surface area contributed by atoms with Gasteiger partial charge in [-0.25, -0.2) is 0 Å². The van der Waals surface area contributed by atoms with Crippen LogP contribution in [0.2, 0.25) is 0 Å². The molecule has 10 atom stereocenters. The summed E-state index contributed by atoms with van der Waals surface area (Å²) in [7, 11) is 6.72. The molecule has 0 aromatic heterocycles. The highest BCUT2D eigenvalue weighted by Crippen LogP contribution is 2.32. The van der Waals surface area contributed by atoms with Crippen LogP contribution in [0.15, 0.2) is 30.3 Å².